The molecule has 0 fully saturated rings. The fraction of sp³-hybridized carbons (Fsp3) is 0.333. The molecule has 0 aromatic heterocycles. The van der Waals surface area contributed by atoms with Crippen molar-refractivity contribution in [2.45, 2.75) is 12.8 Å². The topological polar surface area (TPSA) is 20.2 Å². The molecule has 0 saturated heterocycles. The lowest BCUT2D eigenvalue weighted by atomic mass is 10.0. The molecule has 0 aliphatic carbocycles. The highest BCUT2D eigenvalue weighted by Crippen LogP contribution is 2.17. The Hall–Kier alpha value is -0.340. The Labute approximate surface area is 75.2 Å². The van der Waals surface area contributed by atoms with E-state index in [1.807, 2.05) is 31.2 Å². The van der Waals surface area contributed by atoms with Crippen molar-refractivity contribution in [2.75, 3.05) is 6.61 Å². The molecule has 1 aromatic rings. The van der Waals surface area contributed by atoms with Gasteiger partial charge in [0.05, 0.1) is 0 Å². The third-order valence-electron chi connectivity index (χ3n) is 1.71. The van der Waals surface area contributed by atoms with Gasteiger partial charge in [-0.1, -0.05) is 35.0 Å². The Bertz CT molecular complexity index is 218. The Balaban J connectivity index is 2.81. The average molecular weight is 215 g/mol. The highest BCUT2D eigenvalue weighted by molar-refractivity contribution is 9.10. The van der Waals surface area contributed by atoms with Crippen LogP contribution in [0.15, 0.2) is 28.7 Å². The fourth-order valence-corrected chi connectivity index (χ4v) is 1.16. The molecule has 2 heteroatoms. The molecular weight excluding hydrogens is 204 g/mol. The van der Waals surface area contributed by atoms with Crippen LogP contribution >= 0.6 is 15.9 Å². The summed E-state index contributed by atoms with van der Waals surface area (Å²) in [6.07, 6.45) is 0. The largest absolute Gasteiger partial charge is 0.396 e. The summed E-state index contributed by atoms with van der Waals surface area (Å²) in [6, 6.07) is 8.01. The molecule has 0 radical (unpaired) electrons. The predicted octanol–water partition coefficient (Wildman–Crippen LogP) is 2.54. The Morgan fingerprint density at radius 2 is 1.91 bits per heavy atom. The van der Waals surface area contributed by atoms with Gasteiger partial charge in [-0.3, -0.25) is 0 Å². The molecule has 1 rings (SSSR count). The van der Waals surface area contributed by atoms with Crippen molar-refractivity contribution in [3.63, 3.8) is 0 Å². The zero-order chi connectivity index (χ0) is 8.27. The Kier molecular flexibility index (Phi) is 3.09. The van der Waals surface area contributed by atoms with E-state index >= 15 is 0 Å². The van der Waals surface area contributed by atoms with Gasteiger partial charge in [-0.15, -0.1) is 0 Å². The zero-order valence-corrected chi connectivity index (χ0v) is 8.01. The minimum atomic E-state index is 0.210. The van der Waals surface area contributed by atoms with Crippen LogP contribution in [-0.2, 0) is 0 Å². The first kappa shape index (κ1) is 8.75. The van der Waals surface area contributed by atoms with E-state index in [0.717, 1.165) is 4.47 Å². The molecule has 60 valence electrons. The molecule has 0 bridgehead atoms. The van der Waals surface area contributed by atoms with E-state index in [0.29, 0.717) is 0 Å². The molecule has 1 aromatic carbocycles. The minimum absolute atomic E-state index is 0.210. The second-order valence-electron chi connectivity index (χ2n) is 2.64. The number of aliphatic hydroxyl groups excluding tert-OH is 1. The van der Waals surface area contributed by atoms with Crippen molar-refractivity contribution in [3.05, 3.63) is 34.3 Å². The first-order valence-corrected chi connectivity index (χ1v) is 4.39. The van der Waals surface area contributed by atoms with Crippen LogP contribution in [0.1, 0.15) is 18.4 Å². The van der Waals surface area contributed by atoms with Gasteiger partial charge in [0, 0.05) is 17.0 Å². The first-order chi connectivity index (χ1) is 5.24. The molecule has 0 aliphatic rings. The van der Waals surface area contributed by atoms with Crippen LogP contribution in [0.2, 0.25) is 0 Å². The van der Waals surface area contributed by atoms with Crippen molar-refractivity contribution in [1.29, 1.82) is 0 Å². The van der Waals surface area contributed by atoms with Gasteiger partial charge in [0.2, 0.25) is 0 Å². The third-order valence-corrected chi connectivity index (χ3v) is 2.24. The number of halogens is 1. The molecule has 1 nitrogen and oxygen atoms in total. The maximum atomic E-state index is 8.85. The zero-order valence-electron chi connectivity index (χ0n) is 6.42. The monoisotopic (exact) mass is 214 g/mol. The maximum Gasteiger partial charge on any atom is 0.0497 e. The van der Waals surface area contributed by atoms with Gasteiger partial charge >= 0.3 is 0 Å². The standard InChI is InChI=1S/C9H11BrO/c1-7(6-11)8-2-4-9(10)5-3-8/h2-5,7,11H,6H2,1H3/t7-/m1/s1. The van der Waals surface area contributed by atoms with Gasteiger partial charge in [0.25, 0.3) is 0 Å². The molecule has 11 heavy (non-hydrogen) atoms. The van der Waals surface area contributed by atoms with Crippen molar-refractivity contribution in [1.82, 2.24) is 0 Å². The molecule has 0 unspecified atom stereocenters. The summed E-state index contributed by atoms with van der Waals surface area (Å²) < 4.78 is 1.08. The molecule has 1 N–H and O–H groups in total. The fourth-order valence-electron chi connectivity index (χ4n) is 0.897. The van der Waals surface area contributed by atoms with E-state index < -0.39 is 0 Å². The van der Waals surface area contributed by atoms with Crippen LogP contribution in [0, 0.1) is 0 Å². The highest BCUT2D eigenvalue weighted by Gasteiger charge is 2.01. The minimum Gasteiger partial charge on any atom is -0.396 e. The summed E-state index contributed by atoms with van der Waals surface area (Å²) in [5.41, 5.74) is 1.18. The van der Waals surface area contributed by atoms with Gasteiger partial charge in [-0.25, -0.2) is 0 Å². The number of benzene rings is 1. The van der Waals surface area contributed by atoms with Gasteiger partial charge in [-0.2, -0.15) is 0 Å². The van der Waals surface area contributed by atoms with E-state index in [9.17, 15) is 0 Å². The Morgan fingerprint density at radius 3 is 2.36 bits per heavy atom. The van der Waals surface area contributed by atoms with Crippen LogP contribution in [0.5, 0.6) is 0 Å². The molecular formula is C9H11BrO. The molecule has 0 aliphatic heterocycles. The van der Waals surface area contributed by atoms with E-state index in [2.05, 4.69) is 15.9 Å². The molecule has 0 heterocycles. The van der Waals surface area contributed by atoms with E-state index in [4.69, 9.17) is 5.11 Å². The second-order valence-corrected chi connectivity index (χ2v) is 3.55. The van der Waals surface area contributed by atoms with Gasteiger partial charge in [-0.05, 0) is 17.7 Å². The summed E-state index contributed by atoms with van der Waals surface area (Å²) in [4.78, 5) is 0. The van der Waals surface area contributed by atoms with Gasteiger partial charge < -0.3 is 5.11 Å². The molecule has 1 atom stereocenters. The lowest BCUT2D eigenvalue weighted by Gasteiger charge is -2.06. The molecule has 0 spiro atoms. The van der Waals surface area contributed by atoms with Gasteiger partial charge in [0.15, 0.2) is 0 Å². The number of hydrogen-bond donors (Lipinski definition) is 1. The van der Waals surface area contributed by atoms with Crippen LogP contribution in [-0.4, -0.2) is 11.7 Å². The SMILES string of the molecule is C[C@H](CO)c1ccc(Br)cc1. The second kappa shape index (κ2) is 3.88. The number of hydrogen-bond acceptors (Lipinski definition) is 1. The van der Waals surface area contributed by atoms with Crippen molar-refractivity contribution >= 4 is 15.9 Å². The summed E-state index contributed by atoms with van der Waals surface area (Å²) in [6.45, 7) is 2.21. The lowest BCUT2D eigenvalue weighted by molar-refractivity contribution is 0.273. The van der Waals surface area contributed by atoms with Crippen LogP contribution in [0.25, 0.3) is 0 Å². The quantitative estimate of drug-likeness (QED) is 0.803. The maximum absolute atomic E-state index is 8.85. The third kappa shape index (κ3) is 2.31. The normalized spacial score (nSPS) is 13.0. The van der Waals surface area contributed by atoms with Crippen LogP contribution in [0.3, 0.4) is 0 Å². The van der Waals surface area contributed by atoms with Crippen LogP contribution < -0.4 is 0 Å². The van der Waals surface area contributed by atoms with Gasteiger partial charge in [0.1, 0.15) is 0 Å². The number of aliphatic hydroxyl groups is 1. The van der Waals surface area contributed by atoms with E-state index in [1.165, 1.54) is 5.56 Å². The summed E-state index contributed by atoms with van der Waals surface area (Å²) in [5, 5.41) is 8.85. The molecule has 0 amide bonds. The predicted molar refractivity (Wildman–Crippen MR) is 49.6 cm³/mol. The number of rotatable bonds is 2. The first-order valence-electron chi connectivity index (χ1n) is 3.60. The van der Waals surface area contributed by atoms with Crippen LogP contribution in [0.4, 0.5) is 0 Å². The average Bonchev–Trinajstić information content (AvgIpc) is 2.05. The van der Waals surface area contributed by atoms with Crippen molar-refractivity contribution in [3.8, 4) is 0 Å². The van der Waals surface area contributed by atoms with E-state index in [-0.39, 0.29) is 12.5 Å². The lowest BCUT2D eigenvalue weighted by Crippen LogP contribution is -1.97. The highest BCUT2D eigenvalue weighted by atomic mass is 79.9. The van der Waals surface area contributed by atoms with Crippen molar-refractivity contribution in [2.24, 2.45) is 0 Å². The summed E-state index contributed by atoms with van der Waals surface area (Å²) in [7, 11) is 0. The summed E-state index contributed by atoms with van der Waals surface area (Å²) >= 11 is 3.35. The Morgan fingerprint density at radius 1 is 1.36 bits per heavy atom. The summed E-state index contributed by atoms with van der Waals surface area (Å²) in [5.74, 6) is 0.239. The smallest absolute Gasteiger partial charge is 0.0497 e. The van der Waals surface area contributed by atoms with Crippen molar-refractivity contribution < 1.29 is 5.11 Å². The van der Waals surface area contributed by atoms with E-state index in [1.54, 1.807) is 0 Å². The molecule has 0 saturated carbocycles.